The van der Waals surface area contributed by atoms with Crippen molar-refractivity contribution in [1.82, 2.24) is 24.2 Å². The largest absolute Gasteiger partial charge is 0.357 e. The van der Waals surface area contributed by atoms with Gasteiger partial charge >= 0.3 is 0 Å². The summed E-state index contributed by atoms with van der Waals surface area (Å²) in [4.78, 5) is 16.6. The lowest BCUT2D eigenvalue weighted by Gasteiger charge is -2.25. The van der Waals surface area contributed by atoms with Gasteiger partial charge in [-0.15, -0.1) is 0 Å². The van der Waals surface area contributed by atoms with Gasteiger partial charge in [-0.2, -0.15) is 0 Å². The lowest BCUT2D eigenvalue weighted by Crippen LogP contribution is -2.32. The van der Waals surface area contributed by atoms with Crippen LogP contribution in [-0.4, -0.2) is 64.9 Å². The Labute approximate surface area is 173 Å². The van der Waals surface area contributed by atoms with Crippen LogP contribution in [0.15, 0.2) is 42.7 Å². The number of nitrogens with zero attached hydrogens (tertiary/aromatic N) is 6. The molecule has 1 aliphatic rings. The van der Waals surface area contributed by atoms with E-state index in [1.165, 1.54) is 17.1 Å². The fourth-order valence-electron chi connectivity index (χ4n) is 4.32. The molecule has 0 radical (unpaired) electrons. The molecule has 1 atom stereocenters. The molecule has 3 aromatic rings. The number of aromatic nitrogens is 3. The number of anilines is 1. The van der Waals surface area contributed by atoms with Crippen molar-refractivity contribution in [1.29, 1.82) is 0 Å². The zero-order chi connectivity index (χ0) is 20.4. The minimum Gasteiger partial charge on any atom is -0.357 e. The highest BCUT2D eigenvalue weighted by molar-refractivity contribution is 5.52. The van der Waals surface area contributed by atoms with Crippen LogP contribution in [0, 0.1) is 0 Å². The van der Waals surface area contributed by atoms with Crippen molar-refractivity contribution >= 4 is 11.5 Å². The molecule has 3 aromatic heterocycles. The lowest BCUT2D eigenvalue weighted by molar-refractivity contribution is 0.230. The van der Waals surface area contributed by atoms with Gasteiger partial charge in [-0.1, -0.05) is 12.1 Å². The maximum absolute atomic E-state index is 4.92. The summed E-state index contributed by atoms with van der Waals surface area (Å²) in [6.07, 6.45) is 6.36. The summed E-state index contributed by atoms with van der Waals surface area (Å²) in [5.41, 5.74) is 4.74. The molecule has 0 aromatic carbocycles. The van der Waals surface area contributed by atoms with Crippen molar-refractivity contribution in [3.05, 3.63) is 59.7 Å². The second-order valence-electron chi connectivity index (χ2n) is 8.24. The maximum Gasteiger partial charge on any atom is 0.138 e. The van der Waals surface area contributed by atoms with Crippen molar-refractivity contribution in [3.8, 4) is 0 Å². The second-order valence-corrected chi connectivity index (χ2v) is 8.24. The number of aryl methyl sites for hydroxylation is 1. The molecule has 0 N–H and O–H groups in total. The second kappa shape index (κ2) is 8.51. The highest BCUT2D eigenvalue weighted by Crippen LogP contribution is 2.34. The van der Waals surface area contributed by atoms with Gasteiger partial charge in [-0.3, -0.25) is 14.3 Å². The SMILES string of the molecule is CCN(CCN(C)C)c1cccc2nc(CN(C)C3CCc4cccnc43)cn12. The van der Waals surface area contributed by atoms with Crippen molar-refractivity contribution in [2.45, 2.75) is 32.4 Å². The van der Waals surface area contributed by atoms with Crippen LogP contribution in [0.25, 0.3) is 5.65 Å². The summed E-state index contributed by atoms with van der Waals surface area (Å²) in [5.74, 6) is 1.21. The van der Waals surface area contributed by atoms with Crippen LogP contribution < -0.4 is 4.90 Å². The normalized spacial score (nSPS) is 16.1. The predicted octanol–water partition coefficient (Wildman–Crippen LogP) is 3.24. The van der Waals surface area contributed by atoms with Crippen molar-refractivity contribution < 1.29 is 0 Å². The molecule has 6 heteroatoms. The molecule has 6 nitrogen and oxygen atoms in total. The number of rotatable bonds is 8. The van der Waals surface area contributed by atoms with Crippen LogP contribution in [0.1, 0.15) is 36.3 Å². The van der Waals surface area contributed by atoms with Crippen molar-refractivity contribution in [3.63, 3.8) is 0 Å². The van der Waals surface area contributed by atoms with E-state index in [9.17, 15) is 0 Å². The summed E-state index contributed by atoms with van der Waals surface area (Å²) >= 11 is 0. The first-order valence-corrected chi connectivity index (χ1v) is 10.6. The topological polar surface area (TPSA) is 39.9 Å². The lowest BCUT2D eigenvalue weighted by atomic mass is 10.2. The summed E-state index contributed by atoms with van der Waals surface area (Å²) < 4.78 is 2.24. The zero-order valence-electron chi connectivity index (χ0n) is 18.0. The van der Waals surface area contributed by atoms with Crippen LogP contribution in [0.3, 0.4) is 0 Å². The monoisotopic (exact) mass is 392 g/mol. The van der Waals surface area contributed by atoms with Crippen LogP contribution in [-0.2, 0) is 13.0 Å². The highest BCUT2D eigenvalue weighted by atomic mass is 15.2. The molecule has 1 aliphatic carbocycles. The van der Waals surface area contributed by atoms with Crippen molar-refractivity contribution in [2.75, 3.05) is 45.7 Å². The summed E-state index contributed by atoms with van der Waals surface area (Å²) in [5, 5.41) is 0. The molecule has 154 valence electrons. The molecule has 3 heterocycles. The van der Waals surface area contributed by atoms with Gasteiger partial charge in [0.1, 0.15) is 11.5 Å². The average molecular weight is 393 g/mol. The molecule has 0 fully saturated rings. The molecule has 0 saturated carbocycles. The van der Waals surface area contributed by atoms with E-state index in [2.05, 4.69) is 82.6 Å². The van der Waals surface area contributed by atoms with Gasteiger partial charge in [-0.05, 0) is 64.7 Å². The number of hydrogen-bond donors (Lipinski definition) is 0. The number of pyridine rings is 2. The molecule has 1 unspecified atom stereocenters. The van der Waals surface area contributed by atoms with Crippen LogP contribution in [0.5, 0.6) is 0 Å². The van der Waals surface area contributed by atoms with Gasteiger partial charge in [0.25, 0.3) is 0 Å². The van der Waals surface area contributed by atoms with Crippen molar-refractivity contribution in [2.24, 2.45) is 0 Å². The van der Waals surface area contributed by atoms with Gasteiger partial charge in [-0.25, -0.2) is 4.98 Å². The van der Waals surface area contributed by atoms with E-state index in [1.807, 2.05) is 12.3 Å². The van der Waals surface area contributed by atoms with Gasteiger partial charge in [0.2, 0.25) is 0 Å². The van der Waals surface area contributed by atoms with Gasteiger partial charge in [0, 0.05) is 38.6 Å². The Kier molecular flexibility index (Phi) is 5.83. The Morgan fingerprint density at radius 1 is 1.10 bits per heavy atom. The zero-order valence-corrected chi connectivity index (χ0v) is 18.0. The third-order valence-corrected chi connectivity index (χ3v) is 5.92. The molecule has 0 aliphatic heterocycles. The molecule has 0 spiro atoms. The van der Waals surface area contributed by atoms with Gasteiger partial charge < -0.3 is 9.80 Å². The molecule has 0 saturated heterocycles. The smallest absolute Gasteiger partial charge is 0.138 e. The van der Waals surface area contributed by atoms with E-state index in [-0.39, 0.29) is 0 Å². The van der Waals surface area contributed by atoms with E-state index >= 15 is 0 Å². The first-order chi connectivity index (χ1) is 14.1. The van der Waals surface area contributed by atoms with Gasteiger partial charge in [0.15, 0.2) is 0 Å². The minimum atomic E-state index is 0.378. The standard InChI is InChI=1S/C23H32N6/c1-5-28(15-14-26(2)3)22-10-6-9-21-25-19(17-29(21)22)16-27(4)20-12-11-18-8-7-13-24-23(18)20/h6-10,13,17,20H,5,11-12,14-16H2,1-4H3. The average Bonchev–Trinajstić information content (AvgIpc) is 3.32. The Morgan fingerprint density at radius 3 is 2.76 bits per heavy atom. The fourth-order valence-corrected chi connectivity index (χ4v) is 4.32. The highest BCUT2D eigenvalue weighted by Gasteiger charge is 2.27. The van der Waals surface area contributed by atoms with E-state index in [1.54, 1.807) is 0 Å². The quantitative estimate of drug-likeness (QED) is 0.589. The maximum atomic E-state index is 4.92. The van der Waals surface area contributed by atoms with Crippen LogP contribution in [0.4, 0.5) is 5.82 Å². The Morgan fingerprint density at radius 2 is 1.97 bits per heavy atom. The third kappa shape index (κ3) is 4.14. The van der Waals surface area contributed by atoms with E-state index in [4.69, 9.17) is 4.98 Å². The van der Waals surface area contributed by atoms with E-state index < -0.39 is 0 Å². The number of fused-ring (bicyclic) bond motifs is 2. The minimum absolute atomic E-state index is 0.378. The van der Waals surface area contributed by atoms with E-state index in [0.717, 1.165) is 50.4 Å². The number of imidazole rings is 1. The molecule has 4 rings (SSSR count). The Bertz CT molecular complexity index is 963. The first-order valence-electron chi connectivity index (χ1n) is 10.6. The molecular weight excluding hydrogens is 360 g/mol. The van der Waals surface area contributed by atoms with Gasteiger partial charge in [0.05, 0.1) is 17.4 Å². The van der Waals surface area contributed by atoms with Crippen LogP contribution in [0.2, 0.25) is 0 Å². The number of likely N-dealkylation sites (N-methyl/N-ethyl adjacent to an activating group) is 2. The summed E-state index contributed by atoms with van der Waals surface area (Å²) in [6, 6.07) is 11.0. The molecule has 29 heavy (non-hydrogen) atoms. The Balaban J connectivity index is 1.55. The molecule has 0 bridgehead atoms. The first kappa shape index (κ1) is 19.9. The third-order valence-electron chi connectivity index (χ3n) is 5.92. The summed E-state index contributed by atoms with van der Waals surface area (Å²) in [7, 11) is 6.43. The van der Waals surface area contributed by atoms with Crippen LogP contribution >= 0.6 is 0 Å². The molecular formula is C23H32N6. The fraction of sp³-hybridized carbons (Fsp3) is 0.478. The van der Waals surface area contributed by atoms with E-state index in [0.29, 0.717) is 6.04 Å². The summed E-state index contributed by atoms with van der Waals surface area (Å²) in [6.45, 7) is 6.05. The number of hydrogen-bond acceptors (Lipinski definition) is 5. The molecule has 0 amide bonds. The predicted molar refractivity (Wildman–Crippen MR) is 118 cm³/mol. The Hall–Kier alpha value is -2.44.